The SMILES string of the molecule is O=C(Nc1ccccn1)Nc1cc(CN2CCN(c3ccc(OC(F)(F)F)cc3)C2)ccn1. The molecule has 3 heterocycles. The first-order valence-corrected chi connectivity index (χ1v) is 10.1. The van der Waals surface area contributed by atoms with E-state index in [1.165, 1.54) is 12.1 Å². The van der Waals surface area contributed by atoms with Gasteiger partial charge in [0.25, 0.3) is 0 Å². The molecule has 1 aliphatic rings. The van der Waals surface area contributed by atoms with Gasteiger partial charge in [0.15, 0.2) is 0 Å². The summed E-state index contributed by atoms with van der Waals surface area (Å²) in [6.45, 7) is 2.77. The van der Waals surface area contributed by atoms with Gasteiger partial charge in [0.2, 0.25) is 0 Å². The Morgan fingerprint density at radius 1 is 0.970 bits per heavy atom. The van der Waals surface area contributed by atoms with Crippen LogP contribution in [0.2, 0.25) is 0 Å². The molecule has 1 aliphatic heterocycles. The summed E-state index contributed by atoms with van der Waals surface area (Å²) in [6, 6.07) is 14.3. The third-order valence-corrected chi connectivity index (χ3v) is 4.87. The Hall–Kier alpha value is -3.86. The number of carbonyl (C=O) groups is 1. The third kappa shape index (κ3) is 6.56. The molecule has 11 heteroatoms. The number of anilines is 3. The Morgan fingerprint density at radius 3 is 2.45 bits per heavy atom. The third-order valence-electron chi connectivity index (χ3n) is 4.87. The van der Waals surface area contributed by atoms with Crippen LogP contribution in [-0.4, -0.2) is 47.0 Å². The summed E-state index contributed by atoms with van der Waals surface area (Å²) >= 11 is 0. The second kappa shape index (κ2) is 9.74. The molecule has 1 fully saturated rings. The fraction of sp³-hybridized carbons (Fsp3) is 0.227. The van der Waals surface area contributed by atoms with Crippen molar-refractivity contribution in [3.8, 4) is 5.75 Å². The minimum absolute atomic E-state index is 0.244. The lowest BCUT2D eigenvalue weighted by Gasteiger charge is -2.20. The Balaban J connectivity index is 1.30. The van der Waals surface area contributed by atoms with E-state index < -0.39 is 12.4 Å². The number of hydrogen-bond donors (Lipinski definition) is 2. The average Bonchev–Trinajstić information content (AvgIpc) is 3.22. The van der Waals surface area contributed by atoms with Crippen molar-refractivity contribution in [1.29, 1.82) is 0 Å². The lowest BCUT2D eigenvalue weighted by atomic mass is 10.2. The van der Waals surface area contributed by atoms with E-state index in [-0.39, 0.29) is 5.75 Å². The first-order valence-electron chi connectivity index (χ1n) is 10.1. The Kier molecular flexibility index (Phi) is 6.59. The highest BCUT2D eigenvalue weighted by atomic mass is 19.4. The maximum atomic E-state index is 12.3. The number of amides is 2. The van der Waals surface area contributed by atoms with Crippen LogP contribution >= 0.6 is 0 Å². The Labute approximate surface area is 188 Å². The molecule has 2 N–H and O–H groups in total. The van der Waals surface area contributed by atoms with Gasteiger partial charge < -0.3 is 9.64 Å². The molecule has 0 atom stereocenters. The zero-order valence-corrected chi connectivity index (χ0v) is 17.4. The number of carbonyl (C=O) groups excluding carboxylic acids is 1. The predicted molar refractivity (Wildman–Crippen MR) is 117 cm³/mol. The highest BCUT2D eigenvalue weighted by molar-refractivity contribution is 5.98. The molecule has 3 aromatic rings. The standard InChI is InChI=1S/C22H21F3N6O2/c23-22(24,25)33-18-6-4-17(5-7-18)31-12-11-30(15-31)14-16-8-10-27-20(13-16)29-21(32)28-19-3-1-2-9-26-19/h1-10,13H,11-12,14-15H2,(H2,26,27,28,29,32). The van der Waals surface area contributed by atoms with Crippen LogP contribution in [0.5, 0.6) is 5.75 Å². The quantitative estimate of drug-likeness (QED) is 0.573. The number of halogens is 3. The molecule has 172 valence electrons. The summed E-state index contributed by atoms with van der Waals surface area (Å²) in [5.41, 5.74) is 1.78. The van der Waals surface area contributed by atoms with E-state index in [4.69, 9.17) is 0 Å². The van der Waals surface area contributed by atoms with E-state index in [0.29, 0.717) is 24.8 Å². The first kappa shape index (κ1) is 22.3. The van der Waals surface area contributed by atoms with E-state index in [2.05, 4.69) is 35.1 Å². The number of alkyl halides is 3. The van der Waals surface area contributed by atoms with Crippen molar-refractivity contribution >= 4 is 23.4 Å². The number of hydrogen-bond acceptors (Lipinski definition) is 6. The summed E-state index contributed by atoms with van der Waals surface area (Å²) in [4.78, 5) is 24.6. The molecule has 0 aliphatic carbocycles. The molecule has 33 heavy (non-hydrogen) atoms. The van der Waals surface area contributed by atoms with Crippen molar-refractivity contribution in [2.75, 3.05) is 35.3 Å². The van der Waals surface area contributed by atoms with Crippen molar-refractivity contribution in [3.05, 3.63) is 72.6 Å². The summed E-state index contributed by atoms with van der Waals surface area (Å²) in [5, 5.41) is 5.32. The van der Waals surface area contributed by atoms with E-state index in [0.717, 1.165) is 24.3 Å². The Morgan fingerprint density at radius 2 is 1.73 bits per heavy atom. The van der Waals surface area contributed by atoms with Gasteiger partial charge in [0.05, 0.1) is 6.67 Å². The molecule has 1 saturated heterocycles. The molecule has 0 bridgehead atoms. The molecule has 0 saturated carbocycles. The lowest BCUT2D eigenvalue weighted by Crippen LogP contribution is -2.25. The zero-order valence-electron chi connectivity index (χ0n) is 17.4. The fourth-order valence-electron chi connectivity index (χ4n) is 3.44. The van der Waals surface area contributed by atoms with Crippen LogP contribution < -0.4 is 20.3 Å². The van der Waals surface area contributed by atoms with Crippen LogP contribution in [-0.2, 0) is 6.54 Å². The summed E-state index contributed by atoms with van der Waals surface area (Å²) in [5.74, 6) is 0.602. The highest BCUT2D eigenvalue weighted by Crippen LogP contribution is 2.26. The van der Waals surface area contributed by atoms with Crippen LogP contribution in [0.3, 0.4) is 0 Å². The second-order valence-electron chi connectivity index (χ2n) is 7.34. The van der Waals surface area contributed by atoms with Crippen LogP contribution in [0.15, 0.2) is 67.0 Å². The fourth-order valence-corrected chi connectivity index (χ4v) is 3.44. The van der Waals surface area contributed by atoms with Crippen molar-refractivity contribution in [2.24, 2.45) is 0 Å². The van der Waals surface area contributed by atoms with E-state index in [1.54, 1.807) is 48.8 Å². The van der Waals surface area contributed by atoms with Crippen LogP contribution in [0.1, 0.15) is 5.56 Å². The van der Waals surface area contributed by atoms with Gasteiger partial charge >= 0.3 is 12.4 Å². The van der Waals surface area contributed by atoms with Crippen LogP contribution in [0.4, 0.5) is 35.3 Å². The number of nitrogens with zero attached hydrogens (tertiary/aromatic N) is 4. The van der Waals surface area contributed by atoms with Crippen molar-refractivity contribution < 1.29 is 22.7 Å². The van der Waals surface area contributed by atoms with Gasteiger partial charge in [0.1, 0.15) is 17.4 Å². The molecular weight excluding hydrogens is 437 g/mol. The number of rotatable bonds is 6. The monoisotopic (exact) mass is 458 g/mol. The summed E-state index contributed by atoms with van der Waals surface area (Å²) in [6.07, 6.45) is -1.50. The highest BCUT2D eigenvalue weighted by Gasteiger charge is 2.31. The minimum atomic E-state index is -4.71. The van der Waals surface area contributed by atoms with Gasteiger partial charge in [-0.25, -0.2) is 14.8 Å². The normalized spacial score (nSPS) is 14.2. The van der Waals surface area contributed by atoms with Gasteiger partial charge in [0, 0.05) is 37.7 Å². The smallest absolute Gasteiger partial charge is 0.406 e. The van der Waals surface area contributed by atoms with Crippen LogP contribution in [0, 0.1) is 0 Å². The largest absolute Gasteiger partial charge is 0.573 e. The topological polar surface area (TPSA) is 82.6 Å². The number of nitrogens with one attached hydrogen (secondary N) is 2. The molecule has 0 radical (unpaired) electrons. The molecule has 0 spiro atoms. The summed E-state index contributed by atoms with van der Waals surface area (Å²) in [7, 11) is 0. The molecular formula is C22H21F3N6O2. The van der Waals surface area contributed by atoms with E-state index in [9.17, 15) is 18.0 Å². The maximum absolute atomic E-state index is 12.3. The number of ether oxygens (including phenoxy) is 1. The average molecular weight is 458 g/mol. The van der Waals surface area contributed by atoms with Crippen molar-refractivity contribution in [3.63, 3.8) is 0 Å². The lowest BCUT2D eigenvalue weighted by molar-refractivity contribution is -0.274. The predicted octanol–water partition coefficient (Wildman–Crippen LogP) is 4.30. The molecule has 8 nitrogen and oxygen atoms in total. The van der Waals surface area contributed by atoms with E-state index in [1.807, 2.05) is 6.07 Å². The second-order valence-corrected chi connectivity index (χ2v) is 7.34. The maximum Gasteiger partial charge on any atom is 0.573 e. The molecule has 0 unspecified atom stereocenters. The zero-order chi connectivity index (χ0) is 23.3. The van der Waals surface area contributed by atoms with Gasteiger partial charge in [-0.05, 0) is 54.1 Å². The van der Waals surface area contributed by atoms with Gasteiger partial charge in [-0.1, -0.05) is 6.07 Å². The number of pyridine rings is 2. The molecule has 4 rings (SSSR count). The minimum Gasteiger partial charge on any atom is -0.406 e. The first-order chi connectivity index (χ1) is 15.8. The van der Waals surface area contributed by atoms with Gasteiger partial charge in [-0.3, -0.25) is 15.5 Å². The van der Waals surface area contributed by atoms with Gasteiger partial charge in [-0.15, -0.1) is 13.2 Å². The number of urea groups is 1. The number of benzene rings is 1. The summed E-state index contributed by atoms with van der Waals surface area (Å²) < 4.78 is 40.9. The van der Waals surface area contributed by atoms with Crippen LogP contribution in [0.25, 0.3) is 0 Å². The van der Waals surface area contributed by atoms with E-state index >= 15 is 0 Å². The number of aromatic nitrogens is 2. The Bertz CT molecular complexity index is 1080. The molecule has 1 aromatic carbocycles. The molecule has 2 amide bonds. The van der Waals surface area contributed by atoms with Crippen molar-refractivity contribution in [2.45, 2.75) is 12.9 Å². The van der Waals surface area contributed by atoms with Crippen molar-refractivity contribution in [1.82, 2.24) is 14.9 Å². The molecule has 2 aromatic heterocycles. The van der Waals surface area contributed by atoms with Gasteiger partial charge in [-0.2, -0.15) is 0 Å².